The Bertz CT molecular complexity index is 312. The van der Waals surface area contributed by atoms with Gasteiger partial charge in [-0.2, -0.15) is 4.98 Å². The lowest BCUT2D eigenvalue weighted by molar-refractivity contribution is 0.194. The van der Waals surface area contributed by atoms with Crippen molar-refractivity contribution in [3.05, 3.63) is 11.7 Å². The van der Waals surface area contributed by atoms with Crippen molar-refractivity contribution >= 4 is 0 Å². The lowest BCUT2D eigenvalue weighted by atomic mass is 9.98. The van der Waals surface area contributed by atoms with Crippen LogP contribution in [0.2, 0.25) is 0 Å². The van der Waals surface area contributed by atoms with Crippen LogP contribution < -0.4 is 5.73 Å². The zero-order valence-electron chi connectivity index (χ0n) is 9.15. The van der Waals surface area contributed by atoms with Crippen molar-refractivity contribution < 1.29 is 4.52 Å². The highest BCUT2D eigenvalue weighted by Gasteiger charge is 2.24. The molecule has 15 heavy (non-hydrogen) atoms. The van der Waals surface area contributed by atoms with Gasteiger partial charge < -0.3 is 15.2 Å². The van der Waals surface area contributed by atoms with Gasteiger partial charge in [-0.05, 0) is 25.9 Å². The molecule has 0 aromatic carbocycles. The van der Waals surface area contributed by atoms with Gasteiger partial charge in [-0.15, -0.1) is 0 Å². The molecular formula is C10H18N4O. The highest BCUT2D eigenvalue weighted by Crippen LogP contribution is 2.25. The van der Waals surface area contributed by atoms with E-state index >= 15 is 0 Å². The SMILES string of the molecule is CCN1CCCC(c2nc(CN)no2)C1. The molecule has 0 amide bonds. The first-order valence-electron chi connectivity index (χ1n) is 5.58. The molecule has 1 aromatic heterocycles. The zero-order valence-corrected chi connectivity index (χ0v) is 9.15. The summed E-state index contributed by atoms with van der Waals surface area (Å²) in [5.41, 5.74) is 5.45. The first kappa shape index (κ1) is 10.6. The number of hydrogen-bond donors (Lipinski definition) is 1. The Kier molecular flexibility index (Phi) is 3.33. The minimum Gasteiger partial charge on any atom is -0.339 e. The highest BCUT2D eigenvalue weighted by molar-refractivity contribution is 4.96. The quantitative estimate of drug-likeness (QED) is 0.796. The van der Waals surface area contributed by atoms with Crippen molar-refractivity contribution in [3.63, 3.8) is 0 Å². The second kappa shape index (κ2) is 4.72. The average Bonchev–Trinajstić information content (AvgIpc) is 2.78. The summed E-state index contributed by atoms with van der Waals surface area (Å²) in [6.07, 6.45) is 2.35. The summed E-state index contributed by atoms with van der Waals surface area (Å²) in [6, 6.07) is 0. The third-order valence-corrected chi connectivity index (χ3v) is 2.97. The fourth-order valence-corrected chi connectivity index (χ4v) is 2.06. The molecule has 5 heteroatoms. The molecule has 1 aliphatic rings. The topological polar surface area (TPSA) is 68.2 Å². The molecule has 5 nitrogen and oxygen atoms in total. The van der Waals surface area contributed by atoms with Crippen LogP contribution in [0.3, 0.4) is 0 Å². The second-order valence-electron chi connectivity index (χ2n) is 3.99. The summed E-state index contributed by atoms with van der Waals surface area (Å²) in [4.78, 5) is 6.71. The fraction of sp³-hybridized carbons (Fsp3) is 0.800. The molecule has 0 radical (unpaired) electrons. The average molecular weight is 210 g/mol. The van der Waals surface area contributed by atoms with Crippen LogP contribution in [0.5, 0.6) is 0 Å². The minimum absolute atomic E-state index is 0.355. The first-order chi connectivity index (χ1) is 7.33. The standard InChI is InChI=1S/C10H18N4O/c1-2-14-5-3-4-8(7-14)10-12-9(6-11)13-15-10/h8H,2-7,11H2,1H3. The molecule has 1 aliphatic heterocycles. The van der Waals surface area contributed by atoms with Crippen molar-refractivity contribution in [2.75, 3.05) is 19.6 Å². The molecule has 0 bridgehead atoms. The molecule has 84 valence electrons. The van der Waals surface area contributed by atoms with Gasteiger partial charge >= 0.3 is 0 Å². The summed E-state index contributed by atoms with van der Waals surface area (Å²) >= 11 is 0. The molecule has 2 heterocycles. The van der Waals surface area contributed by atoms with E-state index in [1.807, 2.05) is 0 Å². The Morgan fingerprint density at radius 2 is 2.47 bits per heavy atom. The third-order valence-electron chi connectivity index (χ3n) is 2.97. The Balaban J connectivity index is 2.03. The number of aromatic nitrogens is 2. The largest absolute Gasteiger partial charge is 0.339 e. The molecule has 0 saturated carbocycles. The summed E-state index contributed by atoms with van der Waals surface area (Å²) in [5.74, 6) is 1.76. The Hall–Kier alpha value is -0.940. The van der Waals surface area contributed by atoms with Crippen LogP contribution in [0.4, 0.5) is 0 Å². The normalized spacial score (nSPS) is 23.2. The van der Waals surface area contributed by atoms with E-state index in [0.717, 1.165) is 25.4 Å². The Morgan fingerprint density at radius 1 is 1.60 bits per heavy atom. The number of likely N-dealkylation sites (N-methyl/N-ethyl adjacent to an activating group) is 1. The molecule has 2 rings (SSSR count). The van der Waals surface area contributed by atoms with Crippen LogP contribution in [0.25, 0.3) is 0 Å². The summed E-state index contributed by atoms with van der Waals surface area (Å²) < 4.78 is 5.22. The molecule has 1 saturated heterocycles. The lowest BCUT2D eigenvalue weighted by Crippen LogP contribution is -2.34. The van der Waals surface area contributed by atoms with Crippen LogP contribution in [0.15, 0.2) is 4.52 Å². The summed E-state index contributed by atoms with van der Waals surface area (Å²) in [6.45, 7) is 5.84. The summed E-state index contributed by atoms with van der Waals surface area (Å²) in [7, 11) is 0. The molecule has 2 N–H and O–H groups in total. The van der Waals surface area contributed by atoms with Crippen molar-refractivity contribution in [1.82, 2.24) is 15.0 Å². The van der Waals surface area contributed by atoms with Crippen LogP contribution in [-0.2, 0) is 6.54 Å². The number of piperidine rings is 1. The third kappa shape index (κ3) is 2.35. The van der Waals surface area contributed by atoms with Crippen LogP contribution in [-0.4, -0.2) is 34.7 Å². The second-order valence-corrected chi connectivity index (χ2v) is 3.99. The predicted molar refractivity (Wildman–Crippen MR) is 56.3 cm³/mol. The zero-order chi connectivity index (χ0) is 10.7. The fourth-order valence-electron chi connectivity index (χ4n) is 2.06. The Labute approximate surface area is 89.6 Å². The molecule has 1 atom stereocenters. The number of nitrogens with two attached hydrogens (primary N) is 1. The van der Waals surface area contributed by atoms with E-state index in [4.69, 9.17) is 10.3 Å². The van der Waals surface area contributed by atoms with E-state index in [2.05, 4.69) is 22.0 Å². The van der Waals surface area contributed by atoms with E-state index in [0.29, 0.717) is 18.3 Å². The first-order valence-corrected chi connectivity index (χ1v) is 5.58. The maximum absolute atomic E-state index is 5.45. The molecule has 0 aliphatic carbocycles. The van der Waals surface area contributed by atoms with Gasteiger partial charge in [0.25, 0.3) is 0 Å². The molecule has 1 aromatic rings. The van der Waals surface area contributed by atoms with Gasteiger partial charge in [0.2, 0.25) is 5.89 Å². The monoisotopic (exact) mass is 210 g/mol. The van der Waals surface area contributed by atoms with Crippen LogP contribution in [0.1, 0.15) is 37.4 Å². The van der Waals surface area contributed by atoms with Crippen LogP contribution in [0, 0.1) is 0 Å². The van der Waals surface area contributed by atoms with Gasteiger partial charge in [-0.1, -0.05) is 12.1 Å². The summed E-state index contributed by atoms with van der Waals surface area (Å²) in [5, 5.41) is 3.83. The molecular weight excluding hydrogens is 192 g/mol. The van der Waals surface area contributed by atoms with Crippen molar-refractivity contribution in [1.29, 1.82) is 0 Å². The van der Waals surface area contributed by atoms with Crippen molar-refractivity contribution in [2.24, 2.45) is 5.73 Å². The van der Waals surface area contributed by atoms with E-state index < -0.39 is 0 Å². The number of rotatable bonds is 3. The van der Waals surface area contributed by atoms with E-state index in [9.17, 15) is 0 Å². The predicted octanol–water partition coefficient (Wildman–Crippen LogP) is 0.728. The van der Waals surface area contributed by atoms with Gasteiger partial charge in [0.1, 0.15) is 0 Å². The van der Waals surface area contributed by atoms with Gasteiger partial charge in [-0.25, -0.2) is 0 Å². The molecule has 1 unspecified atom stereocenters. The molecule has 1 fully saturated rings. The smallest absolute Gasteiger partial charge is 0.231 e. The number of nitrogens with zero attached hydrogens (tertiary/aromatic N) is 3. The van der Waals surface area contributed by atoms with Gasteiger partial charge in [0, 0.05) is 6.54 Å². The van der Waals surface area contributed by atoms with E-state index in [1.165, 1.54) is 13.0 Å². The van der Waals surface area contributed by atoms with E-state index in [-0.39, 0.29) is 0 Å². The maximum Gasteiger partial charge on any atom is 0.231 e. The van der Waals surface area contributed by atoms with Gasteiger partial charge in [0.15, 0.2) is 5.82 Å². The Morgan fingerprint density at radius 3 is 3.13 bits per heavy atom. The number of likely N-dealkylation sites (tertiary alicyclic amines) is 1. The van der Waals surface area contributed by atoms with Gasteiger partial charge in [0.05, 0.1) is 12.5 Å². The van der Waals surface area contributed by atoms with Crippen molar-refractivity contribution in [3.8, 4) is 0 Å². The maximum atomic E-state index is 5.45. The van der Waals surface area contributed by atoms with Gasteiger partial charge in [-0.3, -0.25) is 0 Å². The molecule has 0 spiro atoms. The lowest BCUT2D eigenvalue weighted by Gasteiger charge is -2.29. The number of hydrogen-bond acceptors (Lipinski definition) is 5. The van der Waals surface area contributed by atoms with Crippen LogP contribution >= 0.6 is 0 Å². The van der Waals surface area contributed by atoms with E-state index in [1.54, 1.807) is 0 Å². The minimum atomic E-state index is 0.355. The van der Waals surface area contributed by atoms with Crippen molar-refractivity contribution in [2.45, 2.75) is 32.2 Å². The highest BCUT2D eigenvalue weighted by atomic mass is 16.5.